The molecule has 1 aromatic rings. The molecule has 1 fully saturated rings. The number of nitrogens with zero attached hydrogens (tertiary/aromatic N) is 1. The number of anilines is 1. The summed E-state index contributed by atoms with van der Waals surface area (Å²) in [6.07, 6.45) is 3.27. The lowest BCUT2D eigenvalue weighted by Crippen LogP contribution is -2.36. The minimum absolute atomic E-state index is 0.0128. The van der Waals surface area contributed by atoms with Crippen LogP contribution in [0.25, 0.3) is 0 Å². The van der Waals surface area contributed by atoms with Crippen LogP contribution in [0.2, 0.25) is 0 Å². The van der Waals surface area contributed by atoms with Crippen molar-refractivity contribution in [1.29, 1.82) is 0 Å². The second-order valence-electron chi connectivity index (χ2n) is 5.56. The Bertz CT molecular complexity index is 439. The van der Waals surface area contributed by atoms with Crippen LogP contribution >= 0.6 is 0 Å². The Kier molecular flexibility index (Phi) is 5.41. The highest BCUT2D eigenvalue weighted by Crippen LogP contribution is 2.17. The summed E-state index contributed by atoms with van der Waals surface area (Å²) in [6, 6.07) is 8.31. The van der Waals surface area contributed by atoms with E-state index in [-0.39, 0.29) is 5.91 Å². The van der Waals surface area contributed by atoms with E-state index in [2.05, 4.69) is 29.5 Å². The van der Waals surface area contributed by atoms with Gasteiger partial charge in [-0.05, 0) is 57.6 Å². The van der Waals surface area contributed by atoms with E-state index in [0.29, 0.717) is 6.04 Å². The number of carbonyl (C=O) groups is 1. The van der Waals surface area contributed by atoms with Gasteiger partial charge in [0.15, 0.2) is 0 Å². The fourth-order valence-electron chi connectivity index (χ4n) is 2.48. The Hall–Kier alpha value is -1.55. The highest BCUT2D eigenvalue weighted by molar-refractivity contribution is 5.95. The van der Waals surface area contributed by atoms with E-state index in [9.17, 15) is 4.79 Å². The molecule has 0 spiro atoms. The molecule has 1 aliphatic heterocycles. The normalized spacial score (nSPS) is 16.9. The number of hydrogen-bond acceptors (Lipinski definition) is 3. The first-order chi connectivity index (χ1) is 9.69. The Morgan fingerprint density at radius 2 is 2.10 bits per heavy atom. The predicted molar refractivity (Wildman–Crippen MR) is 83.2 cm³/mol. The number of amides is 1. The van der Waals surface area contributed by atoms with E-state index >= 15 is 0 Å². The molecule has 1 aromatic carbocycles. The maximum absolute atomic E-state index is 11.9. The number of piperidine rings is 1. The van der Waals surface area contributed by atoms with Gasteiger partial charge in [-0.25, -0.2) is 0 Å². The number of likely N-dealkylation sites (tertiary alicyclic amines) is 1. The van der Waals surface area contributed by atoms with Crippen molar-refractivity contribution in [3.63, 3.8) is 0 Å². The monoisotopic (exact) mass is 275 g/mol. The lowest BCUT2D eigenvalue weighted by atomic mass is 10.0. The van der Waals surface area contributed by atoms with Crippen molar-refractivity contribution in [3.8, 4) is 0 Å². The zero-order valence-electron chi connectivity index (χ0n) is 12.5. The van der Waals surface area contributed by atoms with Crippen LogP contribution in [0.15, 0.2) is 24.3 Å². The fraction of sp³-hybridized carbons (Fsp3) is 0.562. The lowest BCUT2D eigenvalue weighted by molar-refractivity contribution is 0.0953. The van der Waals surface area contributed by atoms with Gasteiger partial charge in [-0.2, -0.15) is 0 Å². The van der Waals surface area contributed by atoms with Crippen molar-refractivity contribution in [1.82, 2.24) is 10.2 Å². The van der Waals surface area contributed by atoms with Gasteiger partial charge in [0, 0.05) is 23.8 Å². The summed E-state index contributed by atoms with van der Waals surface area (Å²) in [5.41, 5.74) is 1.78. The highest BCUT2D eigenvalue weighted by Gasteiger charge is 2.16. The zero-order valence-corrected chi connectivity index (χ0v) is 12.5. The van der Waals surface area contributed by atoms with E-state index in [1.165, 1.54) is 0 Å². The molecule has 0 radical (unpaired) electrons. The summed E-state index contributed by atoms with van der Waals surface area (Å²) in [5.74, 6) is 0.0128. The lowest BCUT2D eigenvalue weighted by Gasteiger charge is -2.30. The molecule has 4 heteroatoms. The second kappa shape index (κ2) is 7.29. The number of nitrogens with one attached hydrogen (secondary N) is 2. The third-order valence-corrected chi connectivity index (χ3v) is 3.75. The van der Waals surface area contributed by atoms with Gasteiger partial charge >= 0.3 is 0 Å². The fourth-order valence-corrected chi connectivity index (χ4v) is 2.48. The van der Waals surface area contributed by atoms with Gasteiger partial charge in [0.05, 0.1) is 0 Å². The number of benzene rings is 1. The highest BCUT2D eigenvalue weighted by atomic mass is 16.1. The summed E-state index contributed by atoms with van der Waals surface area (Å²) in [4.78, 5) is 14.3. The van der Waals surface area contributed by atoms with E-state index in [1.807, 2.05) is 24.3 Å². The van der Waals surface area contributed by atoms with Crippen LogP contribution in [0.4, 0.5) is 5.69 Å². The quantitative estimate of drug-likeness (QED) is 0.867. The number of hydrogen-bond donors (Lipinski definition) is 2. The van der Waals surface area contributed by atoms with Crippen LogP contribution < -0.4 is 10.6 Å². The largest absolute Gasteiger partial charge is 0.382 e. The maximum Gasteiger partial charge on any atom is 0.251 e. The Labute approximate surface area is 121 Å². The molecule has 1 aliphatic rings. The van der Waals surface area contributed by atoms with Gasteiger partial charge in [0.1, 0.15) is 0 Å². The van der Waals surface area contributed by atoms with Crippen molar-refractivity contribution in [2.45, 2.75) is 32.2 Å². The molecule has 0 bridgehead atoms. The van der Waals surface area contributed by atoms with Crippen molar-refractivity contribution < 1.29 is 4.79 Å². The molecular formula is C16H25N3O. The van der Waals surface area contributed by atoms with E-state index in [4.69, 9.17) is 0 Å². The van der Waals surface area contributed by atoms with Crippen LogP contribution in [0.5, 0.6) is 0 Å². The first-order valence-corrected chi connectivity index (χ1v) is 7.52. The van der Waals surface area contributed by atoms with Crippen LogP contribution in [0.1, 0.15) is 36.5 Å². The van der Waals surface area contributed by atoms with Gasteiger partial charge in [-0.15, -0.1) is 0 Å². The first kappa shape index (κ1) is 14.9. The molecule has 1 amide bonds. The Morgan fingerprint density at radius 1 is 1.35 bits per heavy atom. The standard InChI is InChI=1S/C16H25N3O/c1-3-9-17-16(20)13-5-4-6-15(12-13)18-14-7-10-19(2)11-8-14/h4-6,12,14,18H,3,7-11H2,1-2H3,(H,17,20). The predicted octanol–water partition coefficient (Wildman–Crippen LogP) is 2.33. The molecule has 0 atom stereocenters. The first-order valence-electron chi connectivity index (χ1n) is 7.52. The van der Waals surface area contributed by atoms with E-state index in [1.54, 1.807) is 0 Å². The molecule has 4 nitrogen and oxygen atoms in total. The van der Waals surface area contributed by atoms with Gasteiger partial charge in [-0.1, -0.05) is 13.0 Å². The van der Waals surface area contributed by atoms with Crippen molar-refractivity contribution in [2.24, 2.45) is 0 Å². The van der Waals surface area contributed by atoms with Gasteiger partial charge in [-0.3, -0.25) is 4.79 Å². The molecule has 2 N–H and O–H groups in total. The van der Waals surface area contributed by atoms with Crippen molar-refractivity contribution in [2.75, 3.05) is 32.0 Å². The molecular weight excluding hydrogens is 250 g/mol. The summed E-state index contributed by atoms with van der Waals surface area (Å²) in [7, 11) is 2.16. The molecule has 20 heavy (non-hydrogen) atoms. The van der Waals surface area contributed by atoms with Gasteiger partial charge < -0.3 is 15.5 Å². The van der Waals surface area contributed by atoms with Gasteiger partial charge in [0.2, 0.25) is 0 Å². The average Bonchev–Trinajstić information content (AvgIpc) is 2.47. The van der Waals surface area contributed by atoms with Crippen LogP contribution in [-0.2, 0) is 0 Å². The molecule has 0 saturated carbocycles. The third kappa shape index (κ3) is 4.23. The summed E-state index contributed by atoms with van der Waals surface area (Å²) in [6.45, 7) is 5.05. The molecule has 2 rings (SSSR count). The Morgan fingerprint density at radius 3 is 2.80 bits per heavy atom. The molecule has 0 aromatic heterocycles. The minimum Gasteiger partial charge on any atom is -0.382 e. The second-order valence-corrected chi connectivity index (χ2v) is 5.56. The average molecular weight is 275 g/mol. The molecule has 1 saturated heterocycles. The molecule has 1 heterocycles. The van der Waals surface area contributed by atoms with Crippen LogP contribution in [0, 0.1) is 0 Å². The van der Waals surface area contributed by atoms with Crippen LogP contribution in [-0.4, -0.2) is 43.5 Å². The van der Waals surface area contributed by atoms with Gasteiger partial charge in [0.25, 0.3) is 5.91 Å². The smallest absolute Gasteiger partial charge is 0.251 e. The molecule has 0 unspecified atom stereocenters. The van der Waals surface area contributed by atoms with E-state index in [0.717, 1.165) is 50.1 Å². The number of rotatable bonds is 5. The Balaban J connectivity index is 1.93. The van der Waals surface area contributed by atoms with Crippen LogP contribution in [0.3, 0.4) is 0 Å². The summed E-state index contributed by atoms with van der Waals surface area (Å²) >= 11 is 0. The SMILES string of the molecule is CCCNC(=O)c1cccc(NC2CCN(C)CC2)c1. The minimum atomic E-state index is 0.0128. The zero-order chi connectivity index (χ0) is 14.4. The topological polar surface area (TPSA) is 44.4 Å². The van der Waals surface area contributed by atoms with Crippen molar-refractivity contribution >= 4 is 11.6 Å². The molecule has 110 valence electrons. The third-order valence-electron chi connectivity index (χ3n) is 3.75. The summed E-state index contributed by atoms with van der Waals surface area (Å²) in [5, 5.41) is 6.46. The van der Waals surface area contributed by atoms with E-state index < -0.39 is 0 Å². The summed E-state index contributed by atoms with van der Waals surface area (Å²) < 4.78 is 0. The maximum atomic E-state index is 11.9. The molecule has 0 aliphatic carbocycles. The number of carbonyl (C=O) groups excluding carboxylic acids is 1. The van der Waals surface area contributed by atoms with Crippen molar-refractivity contribution in [3.05, 3.63) is 29.8 Å².